The Morgan fingerprint density at radius 1 is 0.716 bits per heavy atom. The van der Waals surface area contributed by atoms with E-state index in [1.807, 2.05) is 73.7 Å². The van der Waals surface area contributed by atoms with E-state index in [0.29, 0.717) is 70.3 Å². The van der Waals surface area contributed by atoms with Gasteiger partial charge in [-0.2, -0.15) is 0 Å². The van der Waals surface area contributed by atoms with Crippen LogP contribution in [-0.2, 0) is 39.9 Å². The third-order valence-corrected chi connectivity index (χ3v) is 10.9. The van der Waals surface area contributed by atoms with Crippen molar-refractivity contribution in [2.24, 2.45) is 17.6 Å². The van der Waals surface area contributed by atoms with Gasteiger partial charge in [0.05, 0.1) is 38.4 Å². The Labute approximate surface area is 393 Å². The number of anilines is 1. The zero-order chi connectivity index (χ0) is 48.1. The number of benzene rings is 2. The first kappa shape index (κ1) is 53.1. The van der Waals surface area contributed by atoms with Crippen LogP contribution in [0, 0.1) is 11.8 Å². The van der Waals surface area contributed by atoms with Gasteiger partial charge in [0, 0.05) is 75.4 Å². The lowest BCUT2D eigenvalue weighted by Gasteiger charge is -2.20. The van der Waals surface area contributed by atoms with E-state index in [1.54, 1.807) is 42.5 Å². The van der Waals surface area contributed by atoms with Crippen molar-refractivity contribution in [1.29, 1.82) is 0 Å². The summed E-state index contributed by atoms with van der Waals surface area (Å²) in [6.45, 7) is 5.52. The highest BCUT2D eigenvalue weighted by molar-refractivity contribution is 5.97. The molecule has 2 aromatic heterocycles. The fraction of sp³-hybridized carbons (Fsp3) is 0.440. The van der Waals surface area contributed by atoms with Gasteiger partial charge in [-0.15, -0.1) is 0 Å². The summed E-state index contributed by atoms with van der Waals surface area (Å²) in [7, 11) is 1.70. The Kier molecular flexibility index (Phi) is 24.2. The van der Waals surface area contributed by atoms with E-state index in [1.165, 1.54) is 37.1 Å². The molecule has 17 heteroatoms. The van der Waals surface area contributed by atoms with Gasteiger partial charge in [-0.05, 0) is 74.6 Å². The molecule has 3 aliphatic rings. The molecule has 0 bridgehead atoms. The molecule has 1 saturated carbocycles. The number of carbonyl (C=O) groups is 6. The number of nitrogens with zero attached hydrogens (tertiary/aromatic N) is 3. The fourth-order valence-electron chi connectivity index (χ4n) is 7.15. The minimum Gasteiger partial charge on any atom is -0.377 e. The molecule has 17 nitrogen and oxygen atoms in total. The SMILES string of the molecule is CC1CCC(C(=O)Nc2ccnc(C(N)=O)c2)O1.CN1CC(C(=O)NCCOCCOCCNC(=O)c2ccccc2)CC1=O.O=C(NCc1ccccc1)C1CCCCC1.c1ccncc1. The van der Waals surface area contributed by atoms with Gasteiger partial charge < -0.3 is 46.1 Å². The second-order valence-corrected chi connectivity index (χ2v) is 16.2. The molecule has 3 atom stereocenters. The molecule has 7 rings (SSSR count). The fourth-order valence-corrected chi connectivity index (χ4v) is 7.15. The van der Waals surface area contributed by atoms with Gasteiger partial charge in [0.25, 0.3) is 17.7 Å². The monoisotopic (exact) mass is 922 g/mol. The summed E-state index contributed by atoms with van der Waals surface area (Å²) < 4.78 is 16.2. The van der Waals surface area contributed by atoms with E-state index in [4.69, 9.17) is 19.9 Å². The van der Waals surface area contributed by atoms with Crippen LogP contribution in [-0.4, -0.2) is 116 Å². The lowest BCUT2D eigenvalue weighted by molar-refractivity contribution is -0.128. The molecule has 67 heavy (non-hydrogen) atoms. The number of ether oxygens (including phenoxy) is 3. The van der Waals surface area contributed by atoms with E-state index in [0.717, 1.165) is 19.3 Å². The average Bonchev–Trinajstić information content (AvgIpc) is 3.96. The predicted molar refractivity (Wildman–Crippen MR) is 253 cm³/mol. The van der Waals surface area contributed by atoms with Crippen LogP contribution in [0.3, 0.4) is 0 Å². The molecule has 360 valence electrons. The lowest BCUT2D eigenvalue weighted by Crippen LogP contribution is -2.34. The zero-order valence-corrected chi connectivity index (χ0v) is 38.6. The summed E-state index contributed by atoms with van der Waals surface area (Å²) in [5.74, 6) is -0.831. The highest BCUT2D eigenvalue weighted by atomic mass is 16.5. The molecular weight excluding hydrogens is 857 g/mol. The highest BCUT2D eigenvalue weighted by Crippen LogP contribution is 2.24. The summed E-state index contributed by atoms with van der Waals surface area (Å²) in [4.78, 5) is 78.9. The number of aromatic nitrogens is 2. The smallest absolute Gasteiger partial charge is 0.267 e. The van der Waals surface area contributed by atoms with Crippen LogP contribution >= 0.6 is 0 Å². The summed E-state index contributed by atoms with van der Waals surface area (Å²) in [6.07, 6.45) is 12.3. The van der Waals surface area contributed by atoms with Gasteiger partial charge in [-0.1, -0.05) is 73.9 Å². The molecule has 3 fully saturated rings. The van der Waals surface area contributed by atoms with E-state index in [2.05, 4.69) is 31.2 Å². The van der Waals surface area contributed by atoms with Gasteiger partial charge >= 0.3 is 0 Å². The molecule has 0 radical (unpaired) electrons. The second kappa shape index (κ2) is 30.6. The Morgan fingerprint density at radius 2 is 1.34 bits per heavy atom. The van der Waals surface area contributed by atoms with Gasteiger partial charge in [-0.25, -0.2) is 0 Å². The third kappa shape index (κ3) is 21.1. The van der Waals surface area contributed by atoms with Crippen molar-refractivity contribution in [3.05, 3.63) is 126 Å². The summed E-state index contributed by atoms with van der Waals surface area (Å²) in [5, 5.41) is 11.3. The lowest BCUT2D eigenvalue weighted by atomic mass is 9.88. The molecule has 2 aromatic carbocycles. The van der Waals surface area contributed by atoms with Crippen molar-refractivity contribution in [2.45, 2.75) is 77.0 Å². The maximum absolute atomic E-state index is 11.9. The number of likely N-dealkylation sites (tertiary alicyclic amines) is 1. The van der Waals surface area contributed by atoms with Crippen LogP contribution in [0.5, 0.6) is 0 Å². The summed E-state index contributed by atoms with van der Waals surface area (Å²) in [6, 6.07) is 27.8. The van der Waals surface area contributed by atoms with Crippen LogP contribution in [0.15, 0.2) is 110 Å². The number of amides is 6. The number of hydrogen-bond donors (Lipinski definition) is 5. The molecule has 1 aliphatic carbocycles. The number of primary amides is 1. The molecule has 0 spiro atoms. The largest absolute Gasteiger partial charge is 0.377 e. The second-order valence-electron chi connectivity index (χ2n) is 16.2. The quantitative estimate of drug-likeness (QED) is 0.0912. The summed E-state index contributed by atoms with van der Waals surface area (Å²) >= 11 is 0. The Morgan fingerprint density at radius 3 is 1.91 bits per heavy atom. The van der Waals surface area contributed by atoms with Crippen molar-refractivity contribution in [1.82, 2.24) is 30.8 Å². The molecule has 6 amide bonds. The number of nitrogens with two attached hydrogens (primary N) is 1. The van der Waals surface area contributed by atoms with Crippen LogP contribution in [0.4, 0.5) is 5.69 Å². The number of nitrogens with one attached hydrogen (secondary N) is 4. The molecule has 4 aromatic rings. The van der Waals surface area contributed by atoms with E-state index in [-0.39, 0.29) is 59.6 Å². The van der Waals surface area contributed by atoms with Crippen molar-refractivity contribution >= 4 is 41.1 Å². The number of carbonyl (C=O) groups excluding carboxylic acids is 6. The third-order valence-electron chi connectivity index (χ3n) is 10.9. The molecule has 2 saturated heterocycles. The van der Waals surface area contributed by atoms with Crippen molar-refractivity contribution < 1.29 is 43.0 Å². The first-order valence-electron chi connectivity index (χ1n) is 22.9. The van der Waals surface area contributed by atoms with E-state index < -0.39 is 12.0 Å². The maximum Gasteiger partial charge on any atom is 0.267 e. The first-order chi connectivity index (χ1) is 32.5. The van der Waals surface area contributed by atoms with Crippen molar-refractivity contribution in [3.8, 4) is 0 Å². The Balaban J connectivity index is 0.000000213. The minimum atomic E-state index is -0.628. The molecule has 4 heterocycles. The Hall–Kier alpha value is -6.56. The van der Waals surface area contributed by atoms with E-state index in [9.17, 15) is 28.8 Å². The van der Waals surface area contributed by atoms with Crippen LogP contribution in [0.25, 0.3) is 0 Å². The van der Waals surface area contributed by atoms with Crippen LogP contribution in [0.1, 0.15) is 84.7 Å². The van der Waals surface area contributed by atoms with Crippen LogP contribution in [0.2, 0.25) is 0 Å². The van der Waals surface area contributed by atoms with E-state index >= 15 is 0 Å². The molecule has 6 N–H and O–H groups in total. The van der Waals surface area contributed by atoms with Crippen molar-refractivity contribution in [3.63, 3.8) is 0 Å². The van der Waals surface area contributed by atoms with Crippen LogP contribution < -0.4 is 27.0 Å². The number of rotatable bonds is 17. The van der Waals surface area contributed by atoms with Gasteiger partial charge in [-0.3, -0.25) is 38.7 Å². The first-order valence-corrected chi connectivity index (χ1v) is 22.9. The number of pyridine rings is 2. The van der Waals surface area contributed by atoms with Gasteiger partial charge in [0.1, 0.15) is 11.8 Å². The average molecular weight is 923 g/mol. The highest BCUT2D eigenvalue weighted by Gasteiger charge is 2.32. The maximum atomic E-state index is 11.9. The zero-order valence-electron chi connectivity index (χ0n) is 38.6. The normalized spacial score (nSPS) is 17.5. The minimum absolute atomic E-state index is 0.00325. The Bertz CT molecular complexity index is 2070. The molecular formula is C50H66N8O9. The predicted octanol–water partition coefficient (Wildman–Crippen LogP) is 4.70. The topological polar surface area (TPSA) is 233 Å². The van der Waals surface area contributed by atoms with Gasteiger partial charge in [0.2, 0.25) is 17.7 Å². The number of hydrogen-bond acceptors (Lipinski definition) is 11. The van der Waals surface area contributed by atoms with Gasteiger partial charge in [0.15, 0.2) is 0 Å². The summed E-state index contributed by atoms with van der Waals surface area (Å²) in [5.41, 5.74) is 7.52. The van der Waals surface area contributed by atoms with Crippen molar-refractivity contribution in [2.75, 3.05) is 58.4 Å². The standard InChI is InChI=1S/C19H27N3O5.C14H19NO.C12H15N3O3.C5H5N/c1-22-14-16(13-17(22)23)19(25)21-8-10-27-12-11-26-9-7-20-18(24)15-5-3-2-4-6-15;16-14(13-9-5-2-6-10-13)15-11-12-7-3-1-4-8-12;1-7-2-3-10(18-7)12(17)15-8-4-5-14-9(6-8)11(13)16;1-2-4-6-5-3-1/h2-6,16H,7-14H2,1H3,(H,20,24)(H,21,25);1,3-4,7-8,13H,2,5-6,9-11H2,(H,15,16);4-7,10H,2-3H2,1H3,(H2,13,16)(H,14,15,17);1-5H. The molecule has 3 unspecified atom stereocenters. The molecule has 2 aliphatic heterocycles.